The number of nitrogens with zero attached hydrogens (tertiary/aromatic N) is 4. The Morgan fingerprint density at radius 2 is 1.93 bits per heavy atom. The Morgan fingerprint density at radius 3 is 2.63 bits per heavy atom. The minimum Gasteiger partial charge on any atom is -0.383 e. The number of carbonyl (C=O) groups excluding carboxylic acids is 1. The number of nitrogens with one attached hydrogen (secondary N) is 2. The summed E-state index contributed by atoms with van der Waals surface area (Å²) in [4.78, 5) is 28.1. The minimum absolute atomic E-state index is 0.0479. The number of ether oxygens (including phenoxy) is 1. The van der Waals surface area contributed by atoms with Crippen molar-refractivity contribution >= 4 is 23.4 Å². The van der Waals surface area contributed by atoms with Crippen molar-refractivity contribution in [2.24, 2.45) is 7.05 Å². The van der Waals surface area contributed by atoms with Crippen molar-refractivity contribution in [1.82, 2.24) is 24.6 Å². The van der Waals surface area contributed by atoms with Gasteiger partial charge >= 0.3 is 6.03 Å². The number of carbonyl (C=O) groups is 1. The predicted molar refractivity (Wildman–Crippen MR) is 157 cm³/mol. The highest BCUT2D eigenvalue weighted by atomic mass is 35.5. The molecule has 1 saturated heterocycles. The molecule has 4 aromatic rings. The Balaban J connectivity index is 1.44. The number of aryl methyl sites for hydroxylation is 1. The maximum atomic E-state index is 13.9. The van der Waals surface area contributed by atoms with Gasteiger partial charge in [-0.3, -0.25) is 15.0 Å². The van der Waals surface area contributed by atoms with Gasteiger partial charge in [-0.1, -0.05) is 35.9 Å². The number of hydrogen-bond donors (Lipinski definition) is 2. The maximum absolute atomic E-state index is 13.9. The van der Waals surface area contributed by atoms with Crippen molar-refractivity contribution in [3.05, 3.63) is 99.2 Å². The number of pyridine rings is 1. The average molecular weight is 579 g/mol. The molecule has 3 heterocycles. The summed E-state index contributed by atoms with van der Waals surface area (Å²) in [6.45, 7) is 4.36. The van der Waals surface area contributed by atoms with Crippen LogP contribution in [0.25, 0.3) is 16.9 Å². The number of urea groups is 1. The molecule has 0 spiro atoms. The van der Waals surface area contributed by atoms with Crippen molar-refractivity contribution in [1.29, 1.82) is 0 Å². The van der Waals surface area contributed by atoms with Gasteiger partial charge in [0.25, 0.3) is 5.56 Å². The number of halogens is 2. The highest BCUT2D eigenvalue weighted by Gasteiger charge is 2.35. The lowest BCUT2D eigenvalue weighted by Crippen LogP contribution is -2.42. The zero-order chi connectivity index (χ0) is 29.1. The first-order valence-electron chi connectivity index (χ1n) is 13.3. The third-order valence-electron chi connectivity index (χ3n) is 7.43. The summed E-state index contributed by atoms with van der Waals surface area (Å²) in [6, 6.07) is 16.8. The highest BCUT2D eigenvalue weighted by Crippen LogP contribution is 2.32. The van der Waals surface area contributed by atoms with Crippen molar-refractivity contribution in [2.75, 3.05) is 38.7 Å². The van der Waals surface area contributed by atoms with Gasteiger partial charge in [-0.05, 0) is 42.8 Å². The fraction of sp³-hybridized carbons (Fsp3) is 0.300. The van der Waals surface area contributed by atoms with Gasteiger partial charge in [0.05, 0.1) is 29.1 Å². The van der Waals surface area contributed by atoms with E-state index in [1.54, 1.807) is 37.2 Å². The number of hydrogen-bond acceptors (Lipinski definition) is 5. The molecule has 2 N–H and O–H groups in total. The number of anilines is 1. The first kappa shape index (κ1) is 28.5. The molecule has 0 saturated carbocycles. The maximum Gasteiger partial charge on any atom is 0.320 e. The van der Waals surface area contributed by atoms with Crippen LogP contribution < -0.4 is 16.2 Å². The quantitative estimate of drug-likeness (QED) is 0.319. The Morgan fingerprint density at radius 1 is 1.15 bits per heavy atom. The number of likely N-dealkylation sites (tertiary alicyclic amines) is 1. The predicted octanol–water partition coefficient (Wildman–Crippen LogP) is 4.57. The second-order valence-electron chi connectivity index (χ2n) is 10.2. The topological polar surface area (TPSA) is 93.4 Å². The van der Waals surface area contributed by atoms with Crippen LogP contribution in [0.1, 0.15) is 17.0 Å². The molecule has 0 bridgehead atoms. The third-order valence-corrected chi connectivity index (χ3v) is 7.72. The average Bonchev–Trinajstić information content (AvgIpc) is 3.51. The smallest absolute Gasteiger partial charge is 0.320 e. The summed E-state index contributed by atoms with van der Waals surface area (Å²) in [6.07, 6.45) is 1.69. The van der Waals surface area contributed by atoms with Crippen molar-refractivity contribution in [2.45, 2.75) is 18.9 Å². The first-order chi connectivity index (χ1) is 19.7. The van der Waals surface area contributed by atoms with E-state index in [4.69, 9.17) is 21.4 Å². The Bertz CT molecular complexity index is 1610. The second kappa shape index (κ2) is 12.3. The number of rotatable bonds is 8. The van der Waals surface area contributed by atoms with Gasteiger partial charge in [0, 0.05) is 63.1 Å². The zero-order valence-corrected chi connectivity index (χ0v) is 23.9. The van der Waals surface area contributed by atoms with Crippen molar-refractivity contribution in [3.63, 3.8) is 0 Å². The molecule has 1 aliphatic rings. The van der Waals surface area contributed by atoms with Crippen LogP contribution in [0, 0.1) is 12.7 Å². The molecular weight excluding hydrogens is 547 g/mol. The van der Waals surface area contributed by atoms with Gasteiger partial charge in [-0.25, -0.2) is 13.9 Å². The molecule has 0 aliphatic carbocycles. The van der Waals surface area contributed by atoms with E-state index in [1.807, 2.05) is 43.3 Å². The van der Waals surface area contributed by atoms with Gasteiger partial charge in [-0.2, -0.15) is 5.10 Å². The molecule has 2 atom stereocenters. The molecule has 11 heteroatoms. The van der Waals surface area contributed by atoms with E-state index in [1.165, 1.54) is 16.7 Å². The third kappa shape index (κ3) is 6.19. The lowest BCUT2D eigenvalue weighted by molar-refractivity contribution is 0.159. The molecule has 2 aromatic carbocycles. The summed E-state index contributed by atoms with van der Waals surface area (Å²) in [5, 5.41) is 11.0. The van der Waals surface area contributed by atoms with Gasteiger partial charge in [0.2, 0.25) is 0 Å². The van der Waals surface area contributed by atoms with Crippen LogP contribution in [-0.4, -0.2) is 64.7 Å². The lowest BCUT2D eigenvalue weighted by atomic mass is 9.94. The molecule has 1 fully saturated rings. The monoisotopic (exact) mass is 578 g/mol. The van der Waals surface area contributed by atoms with Gasteiger partial charge in [-0.15, -0.1) is 0 Å². The number of amides is 2. The Kier molecular flexibility index (Phi) is 8.53. The first-order valence-corrected chi connectivity index (χ1v) is 13.7. The summed E-state index contributed by atoms with van der Waals surface area (Å²) in [5.74, 6) is -0.101. The largest absolute Gasteiger partial charge is 0.383 e. The summed E-state index contributed by atoms with van der Waals surface area (Å²) in [5.41, 5.74) is 3.40. The molecule has 2 aromatic heterocycles. The molecule has 9 nitrogen and oxygen atoms in total. The number of aromatic nitrogens is 3. The number of methoxy groups -OCH3 is 1. The van der Waals surface area contributed by atoms with Gasteiger partial charge in [0.1, 0.15) is 11.6 Å². The van der Waals surface area contributed by atoms with Crippen LogP contribution in [0.2, 0.25) is 5.02 Å². The van der Waals surface area contributed by atoms with Crippen molar-refractivity contribution < 1.29 is 13.9 Å². The molecule has 0 radical (unpaired) electrons. The molecular formula is C30H32ClFN6O3. The zero-order valence-electron chi connectivity index (χ0n) is 23.1. The summed E-state index contributed by atoms with van der Waals surface area (Å²) < 4.78 is 22.3. The molecule has 2 amide bonds. The van der Waals surface area contributed by atoms with Crippen LogP contribution in [0.4, 0.5) is 15.0 Å². The van der Waals surface area contributed by atoms with Crippen LogP contribution in [0.3, 0.4) is 0 Å². The van der Waals surface area contributed by atoms with E-state index in [2.05, 4.69) is 15.5 Å². The fourth-order valence-electron chi connectivity index (χ4n) is 5.20. The van der Waals surface area contributed by atoms with Crippen molar-refractivity contribution in [3.8, 4) is 16.9 Å². The van der Waals surface area contributed by atoms with Crippen LogP contribution in [0.5, 0.6) is 0 Å². The molecule has 2 unspecified atom stereocenters. The highest BCUT2D eigenvalue weighted by molar-refractivity contribution is 6.30. The van der Waals surface area contributed by atoms with Gasteiger partial charge in [0.15, 0.2) is 0 Å². The number of para-hydroxylation sites is 1. The second-order valence-corrected chi connectivity index (χ2v) is 10.6. The SMILES string of the molecule is COCCN1CC(NC(=O)Nc2c(C)c(-c3ccn(C)c(=O)c3)nn2-c2ccccc2)C(c2ccc(F)c(Cl)c2)C1. The Hall–Kier alpha value is -3.99. The standard InChI is InChI=1S/C30H32ClFN6O3/c1-19-28(21-11-12-36(2)27(39)16-21)35-38(22-7-5-4-6-8-22)29(19)34-30(40)33-26-18-37(13-14-41-3)17-23(26)20-9-10-25(32)24(31)15-20/h4-12,15-16,23,26H,13-14,17-18H2,1-3H3,(H2,33,34,40). The van der Waals surface area contributed by atoms with Crippen LogP contribution in [0.15, 0.2) is 71.7 Å². The van der Waals surface area contributed by atoms with Crippen LogP contribution in [-0.2, 0) is 11.8 Å². The molecule has 5 rings (SSSR count). The summed E-state index contributed by atoms with van der Waals surface area (Å²) in [7, 11) is 3.34. The van der Waals surface area contributed by atoms with E-state index in [-0.39, 0.29) is 22.5 Å². The van der Waals surface area contributed by atoms with Gasteiger partial charge < -0.3 is 14.6 Å². The minimum atomic E-state index is -0.483. The van der Waals surface area contributed by atoms with E-state index in [0.717, 1.165) is 11.3 Å². The molecule has 214 valence electrons. The Labute approximate surface area is 242 Å². The van der Waals surface area contributed by atoms with E-state index in [9.17, 15) is 14.0 Å². The molecule has 41 heavy (non-hydrogen) atoms. The van der Waals surface area contributed by atoms with E-state index in [0.29, 0.717) is 48.9 Å². The van der Waals surface area contributed by atoms with Crippen LogP contribution >= 0.6 is 11.6 Å². The molecule has 1 aliphatic heterocycles. The van der Waals surface area contributed by atoms with E-state index < -0.39 is 11.8 Å². The lowest BCUT2D eigenvalue weighted by Gasteiger charge is -2.21. The number of benzene rings is 2. The fourth-order valence-corrected chi connectivity index (χ4v) is 5.39. The normalized spacial score (nSPS) is 17.1. The summed E-state index contributed by atoms with van der Waals surface area (Å²) >= 11 is 6.10. The van der Waals surface area contributed by atoms with E-state index >= 15 is 0 Å².